The molecule has 0 aliphatic carbocycles. The van der Waals surface area contributed by atoms with Crippen LogP contribution in [-0.2, 0) is 13.1 Å². The summed E-state index contributed by atoms with van der Waals surface area (Å²) in [6.45, 7) is 8.99. The molecule has 0 amide bonds. The summed E-state index contributed by atoms with van der Waals surface area (Å²) in [5.74, 6) is 0. The Balaban J connectivity index is 1.89. The van der Waals surface area contributed by atoms with Gasteiger partial charge in [0.2, 0.25) is 0 Å². The quantitative estimate of drug-likeness (QED) is 0.709. The second-order valence-corrected chi connectivity index (χ2v) is 6.46. The molecule has 22 heavy (non-hydrogen) atoms. The summed E-state index contributed by atoms with van der Waals surface area (Å²) in [4.78, 5) is 2.59. The van der Waals surface area contributed by atoms with Gasteiger partial charge in [0.05, 0.1) is 0 Å². The van der Waals surface area contributed by atoms with Crippen LogP contribution in [0.2, 0.25) is 0 Å². The first-order valence-electron chi connectivity index (χ1n) is 8.83. The lowest BCUT2D eigenvalue weighted by Gasteiger charge is -2.29. The summed E-state index contributed by atoms with van der Waals surface area (Å²) in [5.41, 5.74) is 4.29. The van der Waals surface area contributed by atoms with Crippen molar-refractivity contribution in [3.05, 3.63) is 41.5 Å². The minimum Gasteiger partial charge on any atom is -0.385 e. The van der Waals surface area contributed by atoms with Crippen molar-refractivity contribution >= 4 is 16.5 Å². The second-order valence-electron chi connectivity index (χ2n) is 6.46. The van der Waals surface area contributed by atoms with Crippen molar-refractivity contribution in [1.82, 2.24) is 4.90 Å². The van der Waals surface area contributed by atoms with Crippen molar-refractivity contribution in [3.8, 4) is 0 Å². The summed E-state index contributed by atoms with van der Waals surface area (Å²) in [5, 5.41) is 6.52. The van der Waals surface area contributed by atoms with Gasteiger partial charge in [-0.05, 0) is 42.0 Å². The fraction of sp³-hybridized carbons (Fsp3) is 0.500. The molecule has 0 saturated carbocycles. The molecule has 0 saturated heterocycles. The van der Waals surface area contributed by atoms with Crippen LogP contribution in [0.25, 0.3) is 10.8 Å². The first-order valence-corrected chi connectivity index (χ1v) is 8.83. The third-order valence-electron chi connectivity index (χ3n) is 4.67. The van der Waals surface area contributed by atoms with Crippen molar-refractivity contribution in [2.75, 3.05) is 18.4 Å². The SMILES string of the molecule is CCCCNc1ccc2c3c(cccc13)CN(CCCC)C2. The topological polar surface area (TPSA) is 15.3 Å². The molecule has 2 heteroatoms. The highest BCUT2D eigenvalue weighted by Crippen LogP contribution is 2.34. The van der Waals surface area contributed by atoms with Crippen molar-refractivity contribution in [1.29, 1.82) is 0 Å². The maximum absolute atomic E-state index is 3.62. The van der Waals surface area contributed by atoms with Gasteiger partial charge >= 0.3 is 0 Å². The molecule has 0 spiro atoms. The lowest BCUT2D eigenvalue weighted by Crippen LogP contribution is -2.27. The number of nitrogens with one attached hydrogen (secondary N) is 1. The molecule has 1 heterocycles. The molecular weight excluding hydrogens is 268 g/mol. The highest BCUT2D eigenvalue weighted by Gasteiger charge is 2.19. The van der Waals surface area contributed by atoms with E-state index in [1.165, 1.54) is 59.8 Å². The molecule has 1 aliphatic heterocycles. The average molecular weight is 296 g/mol. The Morgan fingerprint density at radius 2 is 1.73 bits per heavy atom. The predicted octanol–water partition coefficient (Wildman–Crippen LogP) is 5.17. The van der Waals surface area contributed by atoms with Crippen LogP contribution >= 0.6 is 0 Å². The van der Waals surface area contributed by atoms with Crippen LogP contribution in [0.5, 0.6) is 0 Å². The number of hydrogen-bond acceptors (Lipinski definition) is 2. The number of hydrogen-bond donors (Lipinski definition) is 1. The van der Waals surface area contributed by atoms with Gasteiger partial charge in [0.1, 0.15) is 0 Å². The highest BCUT2D eigenvalue weighted by molar-refractivity contribution is 5.98. The summed E-state index contributed by atoms with van der Waals surface area (Å²) in [6.07, 6.45) is 5.03. The molecule has 0 aromatic heterocycles. The van der Waals surface area contributed by atoms with Gasteiger partial charge in [-0.15, -0.1) is 0 Å². The molecule has 0 unspecified atom stereocenters. The van der Waals surface area contributed by atoms with E-state index in [1.54, 1.807) is 0 Å². The van der Waals surface area contributed by atoms with Crippen molar-refractivity contribution in [3.63, 3.8) is 0 Å². The molecule has 0 fully saturated rings. The largest absolute Gasteiger partial charge is 0.385 e. The summed E-state index contributed by atoms with van der Waals surface area (Å²) in [6, 6.07) is 11.4. The number of nitrogens with zero attached hydrogens (tertiary/aromatic N) is 1. The molecule has 118 valence electrons. The zero-order valence-electron chi connectivity index (χ0n) is 14.0. The van der Waals surface area contributed by atoms with E-state index in [9.17, 15) is 0 Å². The monoisotopic (exact) mass is 296 g/mol. The maximum Gasteiger partial charge on any atom is 0.0420 e. The first kappa shape index (κ1) is 15.4. The van der Waals surface area contributed by atoms with Crippen molar-refractivity contribution in [2.24, 2.45) is 0 Å². The Morgan fingerprint density at radius 1 is 0.955 bits per heavy atom. The summed E-state index contributed by atoms with van der Waals surface area (Å²) >= 11 is 0. The molecule has 0 atom stereocenters. The maximum atomic E-state index is 3.62. The Bertz CT molecular complexity index is 621. The lowest BCUT2D eigenvalue weighted by molar-refractivity contribution is 0.248. The van der Waals surface area contributed by atoms with Gasteiger partial charge in [0.15, 0.2) is 0 Å². The number of anilines is 1. The smallest absolute Gasteiger partial charge is 0.0420 e. The van der Waals surface area contributed by atoms with Crippen LogP contribution in [0.3, 0.4) is 0 Å². The van der Waals surface area contributed by atoms with E-state index >= 15 is 0 Å². The summed E-state index contributed by atoms with van der Waals surface area (Å²) in [7, 11) is 0. The van der Waals surface area contributed by atoms with Gasteiger partial charge < -0.3 is 5.32 Å². The Kier molecular flexibility index (Phi) is 4.99. The van der Waals surface area contributed by atoms with E-state index in [4.69, 9.17) is 0 Å². The molecule has 0 bridgehead atoms. The number of unbranched alkanes of at least 4 members (excludes halogenated alkanes) is 2. The van der Waals surface area contributed by atoms with Gasteiger partial charge in [0, 0.05) is 30.7 Å². The standard InChI is InChI=1S/C20H28N2/c1-3-5-12-21-19-11-10-17-15-22(13-6-4-2)14-16-8-7-9-18(19)20(16)17/h7-11,21H,3-6,12-15H2,1-2H3. The van der Waals surface area contributed by atoms with E-state index in [2.05, 4.69) is 54.4 Å². The van der Waals surface area contributed by atoms with Crippen LogP contribution in [0.15, 0.2) is 30.3 Å². The summed E-state index contributed by atoms with van der Waals surface area (Å²) < 4.78 is 0. The van der Waals surface area contributed by atoms with E-state index in [0.717, 1.165) is 19.6 Å². The van der Waals surface area contributed by atoms with E-state index < -0.39 is 0 Å². The minimum absolute atomic E-state index is 1.07. The van der Waals surface area contributed by atoms with Crippen LogP contribution < -0.4 is 5.32 Å². The third-order valence-corrected chi connectivity index (χ3v) is 4.67. The molecule has 2 aromatic carbocycles. The highest BCUT2D eigenvalue weighted by atomic mass is 15.1. The first-order chi connectivity index (χ1) is 10.8. The molecule has 2 aromatic rings. The van der Waals surface area contributed by atoms with Crippen LogP contribution in [0.1, 0.15) is 50.7 Å². The fourth-order valence-electron chi connectivity index (χ4n) is 3.46. The van der Waals surface area contributed by atoms with Crippen LogP contribution in [0.4, 0.5) is 5.69 Å². The molecular formula is C20H28N2. The molecule has 0 radical (unpaired) electrons. The van der Waals surface area contributed by atoms with Gasteiger partial charge in [0.25, 0.3) is 0 Å². The number of rotatable bonds is 7. The molecule has 1 N–H and O–H groups in total. The lowest BCUT2D eigenvalue weighted by atomic mass is 9.94. The fourth-order valence-corrected chi connectivity index (χ4v) is 3.46. The van der Waals surface area contributed by atoms with E-state index in [0.29, 0.717) is 0 Å². The van der Waals surface area contributed by atoms with Gasteiger partial charge in [-0.1, -0.05) is 51.0 Å². The van der Waals surface area contributed by atoms with Crippen molar-refractivity contribution < 1.29 is 0 Å². The average Bonchev–Trinajstić information content (AvgIpc) is 2.55. The molecule has 2 nitrogen and oxygen atoms in total. The Labute approximate surface area is 134 Å². The molecule has 1 aliphatic rings. The van der Waals surface area contributed by atoms with Gasteiger partial charge in [-0.3, -0.25) is 4.90 Å². The third kappa shape index (κ3) is 3.12. The van der Waals surface area contributed by atoms with Crippen LogP contribution in [0, 0.1) is 0 Å². The molecule has 3 rings (SSSR count). The van der Waals surface area contributed by atoms with Crippen molar-refractivity contribution in [2.45, 2.75) is 52.6 Å². The normalized spacial score (nSPS) is 14.5. The minimum atomic E-state index is 1.07. The van der Waals surface area contributed by atoms with Crippen LogP contribution in [-0.4, -0.2) is 18.0 Å². The van der Waals surface area contributed by atoms with E-state index in [-0.39, 0.29) is 0 Å². The number of benzene rings is 2. The predicted molar refractivity (Wildman–Crippen MR) is 96.4 cm³/mol. The zero-order valence-corrected chi connectivity index (χ0v) is 14.0. The van der Waals surface area contributed by atoms with Gasteiger partial charge in [-0.2, -0.15) is 0 Å². The Hall–Kier alpha value is -1.54. The Morgan fingerprint density at radius 3 is 2.50 bits per heavy atom. The van der Waals surface area contributed by atoms with E-state index in [1.807, 2.05) is 0 Å². The zero-order chi connectivity index (χ0) is 15.4. The second kappa shape index (κ2) is 7.15. The van der Waals surface area contributed by atoms with Gasteiger partial charge in [-0.25, -0.2) is 0 Å².